The summed E-state index contributed by atoms with van der Waals surface area (Å²) >= 11 is 0. The van der Waals surface area contributed by atoms with Crippen molar-refractivity contribution in [3.8, 4) is 5.75 Å². The van der Waals surface area contributed by atoms with Crippen molar-refractivity contribution in [2.24, 2.45) is 0 Å². The second kappa shape index (κ2) is 8.18. The highest BCUT2D eigenvalue weighted by Crippen LogP contribution is 2.23. The van der Waals surface area contributed by atoms with Crippen molar-refractivity contribution in [1.82, 2.24) is 5.32 Å². The largest absolute Gasteiger partial charge is 0.496 e. The summed E-state index contributed by atoms with van der Waals surface area (Å²) in [5.74, 6) is 0.936. The predicted octanol–water partition coefficient (Wildman–Crippen LogP) is 3.47. The van der Waals surface area contributed by atoms with E-state index in [1.54, 1.807) is 7.11 Å². The number of ether oxygens (including phenoxy) is 2. The summed E-state index contributed by atoms with van der Waals surface area (Å²) in [4.78, 5) is 0. The van der Waals surface area contributed by atoms with E-state index in [9.17, 15) is 0 Å². The van der Waals surface area contributed by atoms with Gasteiger partial charge in [-0.2, -0.15) is 0 Å². The smallest absolute Gasteiger partial charge is 0.122 e. The van der Waals surface area contributed by atoms with Crippen molar-refractivity contribution in [1.29, 1.82) is 0 Å². The van der Waals surface area contributed by atoms with Crippen molar-refractivity contribution in [2.75, 3.05) is 20.3 Å². The lowest BCUT2D eigenvalue weighted by Crippen LogP contribution is -2.27. The highest BCUT2D eigenvalue weighted by atomic mass is 16.5. The average Bonchev–Trinajstić information content (AvgIpc) is 2.39. The molecule has 0 heterocycles. The fourth-order valence-corrected chi connectivity index (χ4v) is 1.93. The Labute approximate surface area is 117 Å². The third-order valence-electron chi connectivity index (χ3n) is 3.07. The molecule has 108 valence electrons. The van der Waals surface area contributed by atoms with Crippen LogP contribution in [0.3, 0.4) is 0 Å². The number of hydrogen-bond donors (Lipinski definition) is 1. The molecule has 0 fully saturated rings. The van der Waals surface area contributed by atoms with Gasteiger partial charge in [-0.25, -0.2) is 0 Å². The number of nitrogens with one attached hydrogen (secondary N) is 1. The molecule has 0 aliphatic rings. The van der Waals surface area contributed by atoms with Crippen molar-refractivity contribution in [3.63, 3.8) is 0 Å². The highest BCUT2D eigenvalue weighted by Gasteiger charge is 2.13. The Balaban J connectivity index is 2.82. The molecule has 1 rings (SSSR count). The Hall–Kier alpha value is -1.06. The van der Waals surface area contributed by atoms with Crippen molar-refractivity contribution >= 4 is 0 Å². The second-order valence-corrected chi connectivity index (χ2v) is 5.12. The van der Waals surface area contributed by atoms with E-state index in [4.69, 9.17) is 9.47 Å². The minimum Gasteiger partial charge on any atom is -0.496 e. The highest BCUT2D eigenvalue weighted by molar-refractivity contribution is 5.37. The molecule has 0 bridgehead atoms. The molecule has 19 heavy (non-hydrogen) atoms. The van der Waals surface area contributed by atoms with Crippen LogP contribution in [0, 0.1) is 6.92 Å². The molecule has 1 aromatic carbocycles. The fourth-order valence-electron chi connectivity index (χ4n) is 1.93. The lowest BCUT2D eigenvalue weighted by Gasteiger charge is -2.21. The molecule has 1 unspecified atom stereocenters. The van der Waals surface area contributed by atoms with Crippen LogP contribution >= 0.6 is 0 Å². The maximum Gasteiger partial charge on any atom is 0.122 e. The van der Waals surface area contributed by atoms with Crippen molar-refractivity contribution in [3.05, 3.63) is 29.3 Å². The molecule has 0 saturated carbocycles. The predicted molar refractivity (Wildman–Crippen MR) is 79.9 cm³/mol. The topological polar surface area (TPSA) is 30.5 Å². The van der Waals surface area contributed by atoms with Gasteiger partial charge in [0.25, 0.3) is 0 Å². The van der Waals surface area contributed by atoms with Gasteiger partial charge in [0.05, 0.1) is 25.9 Å². The third-order valence-corrected chi connectivity index (χ3v) is 3.07. The lowest BCUT2D eigenvalue weighted by atomic mass is 10.0. The van der Waals surface area contributed by atoms with Crippen LogP contribution in [0.15, 0.2) is 18.2 Å². The van der Waals surface area contributed by atoms with E-state index in [1.807, 2.05) is 0 Å². The molecule has 1 atom stereocenters. The maximum absolute atomic E-state index is 5.76. The number of benzene rings is 1. The first-order chi connectivity index (χ1) is 9.08. The molecule has 1 aromatic rings. The van der Waals surface area contributed by atoms with Gasteiger partial charge in [-0.3, -0.25) is 0 Å². The Morgan fingerprint density at radius 2 is 2.00 bits per heavy atom. The van der Waals surface area contributed by atoms with E-state index in [-0.39, 0.29) is 12.1 Å². The van der Waals surface area contributed by atoms with E-state index >= 15 is 0 Å². The van der Waals surface area contributed by atoms with Gasteiger partial charge in [-0.15, -0.1) is 0 Å². The monoisotopic (exact) mass is 265 g/mol. The SMILES string of the molecule is CCCNC(COC(C)C)c1ccc(C)c(OC)c1. The van der Waals surface area contributed by atoms with Crippen molar-refractivity contribution < 1.29 is 9.47 Å². The Morgan fingerprint density at radius 1 is 1.26 bits per heavy atom. The fraction of sp³-hybridized carbons (Fsp3) is 0.625. The van der Waals surface area contributed by atoms with Crippen LogP contribution in [0.25, 0.3) is 0 Å². The summed E-state index contributed by atoms with van der Waals surface area (Å²) < 4.78 is 11.2. The van der Waals surface area contributed by atoms with Gasteiger partial charge >= 0.3 is 0 Å². The van der Waals surface area contributed by atoms with Gasteiger partial charge in [-0.1, -0.05) is 19.1 Å². The van der Waals surface area contributed by atoms with Crippen LogP contribution in [0.1, 0.15) is 44.4 Å². The minimum absolute atomic E-state index is 0.219. The number of aryl methyl sites for hydroxylation is 1. The Bertz CT molecular complexity index is 377. The third kappa shape index (κ3) is 5.21. The quantitative estimate of drug-likeness (QED) is 0.780. The van der Waals surface area contributed by atoms with Crippen LogP contribution in [-0.2, 0) is 4.74 Å². The van der Waals surface area contributed by atoms with Gasteiger partial charge in [0.2, 0.25) is 0 Å². The zero-order valence-electron chi connectivity index (χ0n) is 12.8. The zero-order chi connectivity index (χ0) is 14.3. The summed E-state index contributed by atoms with van der Waals surface area (Å²) in [5, 5.41) is 3.53. The number of methoxy groups -OCH3 is 1. The van der Waals surface area contributed by atoms with Gasteiger partial charge < -0.3 is 14.8 Å². The van der Waals surface area contributed by atoms with E-state index in [2.05, 4.69) is 51.2 Å². The standard InChI is InChI=1S/C16H27NO2/c1-6-9-17-15(11-19-12(2)3)14-8-7-13(4)16(10-14)18-5/h7-8,10,12,15,17H,6,9,11H2,1-5H3. The number of rotatable bonds is 8. The maximum atomic E-state index is 5.76. The van der Waals surface area contributed by atoms with Crippen LogP contribution < -0.4 is 10.1 Å². The molecule has 3 nitrogen and oxygen atoms in total. The van der Waals surface area contributed by atoms with Crippen LogP contribution in [-0.4, -0.2) is 26.4 Å². The molecule has 0 aromatic heterocycles. The van der Waals surface area contributed by atoms with E-state index in [0.717, 1.165) is 24.3 Å². The molecule has 3 heteroatoms. The van der Waals surface area contributed by atoms with Gasteiger partial charge in [0.1, 0.15) is 5.75 Å². The first kappa shape index (κ1) is 16.0. The minimum atomic E-state index is 0.219. The Morgan fingerprint density at radius 3 is 2.58 bits per heavy atom. The molecule has 1 N–H and O–H groups in total. The van der Waals surface area contributed by atoms with E-state index < -0.39 is 0 Å². The summed E-state index contributed by atoms with van der Waals surface area (Å²) in [6.45, 7) is 10.0. The summed E-state index contributed by atoms with van der Waals surface area (Å²) in [6, 6.07) is 6.57. The Kier molecular flexibility index (Phi) is 6.89. The normalized spacial score (nSPS) is 12.7. The van der Waals surface area contributed by atoms with Gasteiger partial charge in [0, 0.05) is 0 Å². The molecule has 0 aliphatic heterocycles. The second-order valence-electron chi connectivity index (χ2n) is 5.12. The summed E-state index contributed by atoms with van der Waals surface area (Å²) in [5.41, 5.74) is 2.38. The van der Waals surface area contributed by atoms with Gasteiger partial charge in [0.15, 0.2) is 0 Å². The lowest BCUT2D eigenvalue weighted by molar-refractivity contribution is 0.0611. The van der Waals surface area contributed by atoms with Crippen molar-refractivity contribution in [2.45, 2.75) is 46.3 Å². The average molecular weight is 265 g/mol. The van der Waals surface area contributed by atoms with Crippen LogP contribution in [0.5, 0.6) is 5.75 Å². The summed E-state index contributed by atoms with van der Waals surface area (Å²) in [6.07, 6.45) is 1.36. The molecule has 0 spiro atoms. The molecule has 0 saturated heterocycles. The van der Waals surface area contributed by atoms with E-state index in [1.165, 1.54) is 5.56 Å². The van der Waals surface area contributed by atoms with Crippen LogP contribution in [0.4, 0.5) is 0 Å². The molecule has 0 aliphatic carbocycles. The molecular formula is C16H27NO2. The first-order valence-corrected chi connectivity index (χ1v) is 7.08. The molecular weight excluding hydrogens is 238 g/mol. The van der Waals surface area contributed by atoms with Gasteiger partial charge in [-0.05, 0) is 50.9 Å². The summed E-state index contributed by atoms with van der Waals surface area (Å²) in [7, 11) is 1.71. The molecule has 0 radical (unpaired) electrons. The van der Waals surface area contributed by atoms with E-state index in [0.29, 0.717) is 6.61 Å². The molecule has 0 amide bonds. The van der Waals surface area contributed by atoms with Crippen LogP contribution in [0.2, 0.25) is 0 Å². The number of hydrogen-bond acceptors (Lipinski definition) is 3. The zero-order valence-corrected chi connectivity index (χ0v) is 12.8. The first-order valence-electron chi connectivity index (χ1n) is 7.08.